The summed E-state index contributed by atoms with van der Waals surface area (Å²) in [7, 11) is 5.37. The molecule has 0 heterocycles. The van der Waals surface area contributed by atoms with Crippen molar-refractivity contribution < 1.29 is 27.5 Å². The second-order valence-electron chi connectivity index (χ2n) is 4.13. The van der Waals surface area contributed by atoms with Crippen LogP contribution in [0.1, 0.15) is 10.4 Å². The molecule has 24 heavy (non-hydrogen) atoms. The smallest absolute Gasteiger partial charge is 0.442 e. The quantitative estimate of drug-likeness (QED) is 0.129. The van der Waals surface area contributed by atoms with E-state index in [9.17, 15) is 18.0 Å². The van der Waals surface area contributed by atoms with Crippen molar-refractivity contribution in [2.24, 2.45) is 5.16 Å². The number of benzene rings is 1. The SMILES string of the molecule is COC(=O)c1ccccc1SSN(C)CON=C(SC)C(F)(F)F. The topological polar surface area (TPSA) is 51.1 Å². The third kappa shape index (κ3) is 6.83. The number of hydrogen-bond donors (Lipinski definition) is 0. The van der Waals surface area contributed by atoms with Gasteiger partial charge in [0.1, 0.15) is 0 Å². The number of halogens is 3. The Kier molecular flexibility index (Phi) is 8.81. The van der Waals surface area contributed by atoms with Crippen LogP contribution in [0.3, 0.4) is 0 Å². The lowest BCUT2D eigenvalue weighted by atomic mass is 10.2. The van der Waals surface area contributed by atoms with Crippen molar-refractivity contribution in [1.29, 1.82) is 0 Å². The van der Waals surface area contributed by atoms with Crippen LogP contribution in [-0.2, 0) is 9.57 Å². The van der Waals surface area contributed by atoms with Gasteiger partial charge in [0.15, 0.2) is 6.73 Å². The number of carbonyl (C=O) groups is 1. The van der Waals surface area contributed by atoms with Gasteiger partial charge in [-0.1, -0.05) is 17.3 Å². The Labute approximate surface area is 149 Å². The zero-order chi connectivity index (χ0) is 18.2. The first-order valence-corrected chi connectivity index (χ1v) is 9.67. The largest absolute Gasteiger partial charge is 0.465 e. The predicted octanol–water partition coefficient (Wildman–Crippen LogP) is 4.27. The highest BCUT2D eigenvalue weighted by atomic mass is 33.1. The fraction of sp³-hybridized carbons (Fsp3) is 0.385. The molecule has 0 aliphatic heterocycles. The summed E-state index contributed by atoms with van der Waals surface area (Å²) in [6, 6.07) is 6.85. The van der Waals surface area contributed by atoms with E-state index in [-0.39, 0.29) is 6.73 Å². The van der Waals surface area contributed by atoms with Gasteiger partial charge in [0, 0.05) is 11.9 Å². The van der Waals surface area contributed by atoms with Crippen molar-refractivity contribution >= 4 is 44.5 Å². The average Bonchev–Trinajstić information content (AvgIpc) is 2.55. The zero-order valence-corrected chi connectivity index (χ0v) is 15.4. The fourth-order valence-corrected chi connectivity index (χ4v) is 3.54. The third-order valence-electron chi connectivity index (χ3n) is 2.37. The molecule has 134 valence electrons. The van der Waals surface area contributed by atoms with Crippen LogP contribution in [0, 0.1) is 0 Å². The molecule has 0 saturated heterocycles. The molecule has 0 spiro atoms. The fourth-order valence-electron chi connectivity index (χ4n) is 1.32. The molecule has 0 aliphatic carbocycles. The first-order chi connectivity index (χ1) is 11.3. The van der Waals surface area contributed by atoms with E-state index in [1.165, 1.54) is 39.4 Å². The van der Waals surface area contributed by atoms with Crippen LogP contribution in [0.2, 0.25) is 0 Å². The van der Waals surface area contributed by atoms with Crippen molar-refractivity contribution in [1.82, 2.24) is 4.31 Å². The lowest BCUT2D eigenvalue weighted by Gasteiger charge is -2.14. The number of ether oxygens (including phenoxy) is 1. The summed E-state index contributed by atoms with van der Waals surface area (Å²) in [4.78, 5) is 17.0. The monoisotopic (exact) mass is 400 g/mol. The standard InChI is InChI=1S/C13H15F3N2O3S3/c1-18(8-21-17-12(22-3)13(14,15)16)24-23-10-7-5-4-6-9(10)11(19)20-2/h4-7H,8H2,1-3H3. The van der Waals surface area contributed by atoms with Gasteiger partial charge in [-0.2, -0.15) is 13.2 Å². The summed E-state index contributed by atoms with van der Waals surface area (Å²) in [6.07, 6.45) is -3.26. The highest BCUT2D eigenvalue weighted by Gasteiger charge is 2.36. The van der Waals surface area contributed by atoms with E-state index in [0.717, 1.165) is 0 Å². The first-order valence-electron chi connectivity index (χ1n) is 6.33. The number of carbonyl (C=O) groups excluding carboxylic acids is 1. The van der Waals surface area contributed by atoms with Gasteiger partial charge in [0.05, 0.1) is 12.7 Å². The average molecular weight is 400 g/mol. The number of oxime groups is 1. The summed E-state index contributed by atoms with van der Waals surface area (Å²) in [5, 5.41) is 2.03. The Balaban J connectivity index is 2.55. The third-order valence-corrected chi connectivity index (χ3v) is 5.56. The van der Waals surface area contributed by atoms with Crippen molar-refractivity contribution in [3.63, 3.8) is 0 Å². The molecular formula is C13H15F3N2O3S3. The summed E-state index contributed by atoms with van der Waals surface area (Å²) < 4.78 is 43.6. The van der Waals surface area contributed by atoms with Gasteiger partial charge in [-0.05, 0) is 40.2 Å². The molecule has 0 aliphatic rings. The van der Waals surface area contributed by atoms with Gasteiger partial charge < -0.3 is 9.57 Å². The van der Waals surface area contributed by atoms with E-state index in [1.54, 1.807) is 31.3 Å². The van der Waals surface area contributed by atoms with E-state index in [4.69, 9.17) is 9.57 Å². The molecule has 11 heteroatoms. The van der Waals surface area contributed by atoms with Gasteiger partial charge in [-0.25, -0.2) is 9.10 Å². The van der Waals surface area contributed by atoms with Crippen LogP contribution in [-0.4, -0.2) is 48.6 Å². The zero-order valence-electron chi connectivity index (χ0n) is 13.0. The second-order valence-corrected chi connectivity index (χ2v) is 7.25. The molecule has 0 radical (unpaired) electrons. The van der Waals surface area contributed by atoms with Crippen LogP contribution >= 0.6 is 33.5 Å². The molecule has 1 aromatic carbocycles. The van der Waals surface area contributed by atoms with Gasteiger partial charge in [-0.15, -0.1) is 11.8 Å². The van der Waals surface area contributed by atoms with Crippen molar-refractivity contribution in [3.8, 4) is 0 Å². The van der Waals surface area contributed by atoms with Crippen LogP contribution < -0.4 is 0 Å². The minimum absolute atomic E-state index is 0.155. The molecule has 0 atom stereocenters. The second kappa shape index (κ2) is 10.1. The molecule has 0 bridgehead atoms. The summed E-state index contributed by atoms with van der Waals surface area (Å²) in [6.45, 7) is -0.155. The van der Waals surface area contributed by atoms with Gasteiger partial charge >= 0.3 is 12.1 Å². The Hall–Kier alpha value is -1.04. The maximum absolute atomic E-state index is 12.5. The molecule has 5 nitrogen and oxygen atoms in total. The Morgan fingerprint density at radius 3 is 2.58 bits per heavy atom. The number of nitrogens with zero attached hydrogens (tertiary/aromatic N) is 2. The highest BCUT2D eigenvalue weighted by molar-refractivity contribution is 8.75. The Bertz CT molecular complexity index is 585. The van der Waals surface area contributed by atoms with Crippen LogP contribution in [0.15, 0.2) is 34.3 Å². The van der Waals surface area contributed by atoms with Crippen molar-refractivity contribution in [2.45, 2.75) is 11.1 Å². The molecule has 1 aromatic rings. The van der Waals surface area contributed by atoms with E-state index in [0.29, 0.717) is 22.2 Å². The minimum Gasteiger partial charge on any atom is -0.465 e. The van der Waals surface area contributed by atoms with E-state index in [2.05, 4.69) is 5.16 Å². The van der Waals surface area contributed by atoms with E-state index >= 15 is 0 Å². The lowest BCUT2D eigenvalue weighted by Crippen LogP contribution is -2.20. The number of rotatable bonds is 7. The van der Waals surface area contributed by atoms with Gasteiger partial charge in [0.2, 0.25) is 5.04 Å². The summed E-state index contributed by atoms with van der Waals surface area (Å²) >= 11 is 0.464. The minimum atomic E-state index is -4.53. The molecule has 0 N–H and O–H groups in total. The summed E-state index contributed by atoms with van der Waals surface area (Å²) in [5.74, 6) is -0.461. The van der Waals surface area contributed by atoms with Crippen LogP contribution in [0.5, 0.6) is 0 Å². The number of thioether (sulfide) groups is 1. The van der Waals surface area contributed by atoms with E-state index in [1.807, 2.05) is 0 Å². The molecule has 0 aromatic heterocycles. The summed E-state index contributed by atoms with van der Waals surface area (Å²) in [5.41, 5.74) is 0.409. The highest BCUT2D eigenvalue weighted by Crippen LogP contribution is 2.35. The molecule has 0 unspecified atom stereocenters. The maximum atomic E-state index is 12.5. The molecule has 0 fully saturated rings. The number of alkyl halides is 3. The number of methoxy groups -OCH3 is 1. The Morgan fingerprint density at radius 1 is 1.33 bits per heavy atom. The van der Waals surface area contributed by atoms with Crippen LogP contribution in [0.25, 0.3) is 0 Å². The Morgan fingerprint density at radius 2 is 2.00 bits per heavy atom. The van der Waals surface area contributed by atoms with Gasteiger partial charge in [-0.3, -0.25) is 0 Å². The van der Waals surface area contributed by atoms with Crippen molar-refractivity contribution in [3.05, 3.63) is 29.8 Å². The molecule has 0 amide bonds. The van der Waals surface area contributed by atoms with Gasteiger partial charge in [0.25, 0.3) is 0 Å². The van der Waals surface area contributed by atoms with Crippen LogP contribution in [0.4, 0.5) is 13.2 Å². The normalized spacial score (nSPS) is 12.4. The first kappa shape index (κ1) is 21.0. The molecule has 0 saturated carbocycles. The molecular weight excluding hydrogens is 385 g/mol. The number of esters is 1. The number of hydrogen-bond acceptors (Lipinski definition) is 8. The predicted molar refractivity (Wildman–Crippen MR) is 91.9 cm³/mol. The van der Waals surface area contributed by atoms with E-state index < -0.39 is 17.2 Å². The lowest BCUT2D eigenvalue weighted by molar-refractivity contribution is -0.0593. The maximum Gasteiger partial charge on any atom is 0.442 e. The van der Waals surface area contributed by atoms with Crippen molar-refractivity contribution in [2.75, 3.05) is 27.1 Å². The molecule has 1 rings (SSSR count).